The van der Waals surface area contributed by atoms with E-state index in [1.807, 2.05) is 0 Å². The van der Waals surface area contributed by atoms with Crippen molar-refractivity contribution in [3.8, 4) is 0 Å². The number of halogens is 5. The average Bonchev–Trinajstić information content (AvgIpc) is 2.69. The molecule has 0 bridgehead atoms. The van der Waals surface area contributed by atoms with Gasteiger partial charge < -0.3 is 4.98 Å². The van der Waals surface area contributed by atoms with E-state index in [0.29, 0.717) is 24.1 Å². The normalized spacial score (nSPS) is 16.5. The van der Waals surface area contributed by atoms with Crippen molar-refractivity contribution < 1.29 is 26.7 Å². The van der Waals surface area contributed by atoms with Crippen molar-refractivity contribution in [1.82, 2.24) is 4.98 Å². The Morgan fingerprint density at radius 2 is 1.72 bits per heavy atom. The van der Waals surface area contributed by atoms with Crippen LogP contribution in [0.5, 0.6) is 0 Å². The zero-order chi connectivity index (χ0) is 13.6. The number of carbonyl (C=O) groups is 1. The maximum Gasteiger partial charge on any atom is 0.461 e. The van der Waals surface area contributed by atoms with Crippen molar-refractivity contribution in [3.63, 3.8) is 0 Å². The lowest BCUT2D eigenvalue weighted by Gasteiger charge is -2.17. The fourth-order valence-electron chi connectivity index (χ4n) is 2.02. The summed E-state index contributed by atoms with van der Waals surface area (Å²) >= 11 is 0. The number of aryl methyl sites for hydroxylation is 2. The number of hydrogen-bond donors (Lipinski definition) is 1. The molecule has 1 aromatic heterocycles. The fraction of sp³-hybridized carbons (Fsp3) is 0.545. The Morgan fingerprint density at radius 3 is 2.28 bits per heavy atom. The van der Waals surface area contributed by atoms with Crippen LogP contribution in [0.25, 0.3) is 0 Å². The molecule has 1 aromatic rings. The second-order valence-electron chi connectivity index (χ2n) is 4.30. The Bertz CT molecular complexity index is 451. The minimum Gasteiger partial charge on any atom is -0.356 e. The van der Waals surface area contributed by atoms with E-state index in [-0.39, 0.29) is 0 Å². The van der Waals surface area contributed by atoms with Crippen LogP contribution in [-0.4, -0.2) is 22.9 Å². The summed E-state index contributed by atoms with van der Waals surface area (Å²) in [5.74, 6) is -7.56. The van der Waals surface area contributed by atoms with Crippen LogP contribution in [0, 0.1) is 0 Å². The Hall–Kier alpha value is -1.40. The van der Waals surface area contributed by atoms with Gasteiger partial charge in [0.25, 0.3) is 5.78 Å². The van der Waals surface area contributed by atoms with Gasteiger partial charge in [0.2, 0.25) is 0 Å². The monoisotopic (exact) mass is 267 g/mol. The molecule has 100 valence electrons. The van der Waals surface area contributed by atoms with Gasteiger partial charge in [0.05, 0.1) is 5.69 Å². The molecule has 2 rings (SSSR count). The highest BCUT2D eigenvalue weighted by Crippen LogP contribution is 2.38. The SMILES string of the molecule is O=C(c1cc2c([nH]1)CCCC2)C(F)(F)C(F)(F)F. The van der Waals surface area contributed by atoms with Crippen LogP contribution in [0.2, 0.25) is 0 Å². The predicted molar refractivity (Wildman–Crippen MR) is 52.8 cm³/mol. The number of fused-ring (bicyclic) bond motifs is 1. The molecule has 18 heavy (non-hydrogen) atoms. The molecule has 1 heterocycles. The Labute approximate surface area is 99.2 Å². The molecule has 0 amide bonds. The molecule has 0 unspecified atom stereocenters. The molecule has 1 aliphatic rings. The van der Waals surface area contributed by atoms with Crippen LogP contribution in [0.4, 0.5) is 22.0 Å². The zero-order valence-corrected chi connectivity index (χ0v) is 9.20. The molecular weight excluding hydrogens is 257 g/mol. The largest absolute Gasteiger partial charge is 0.461 e. The molecule has 0 spiro atoms. The van der Waals surface area contributed by atoms with Gasteiger partial charge in [0.1, 0.15) is 0 Å². The first-order chi connectivity index (χ1) is 8.23. The lowest BCUT2D eigenvalue weighted by Crippen LogP contribution is -2.44. The Balaban J connectivity index is 2.32. The Kier molecular flexibility index (Phi) is 2.95. The number of rotatable bonds is 2. The van der Waals surface area contributed by atoms with E-state index in [0.717, 1.165) is 18.9 Å². The molecule has 0 fully saturated rings. The van der Waals surface area contributed by atoms with Crippen molar-refractivity contribution in [2.24, 2.45) is 0 Å². The highest BCUT2D eigenvalue weighted by molar-refractivity contribution is 6.00. The quantitative estimate of drug-likeness (QED) is 0.647. The lowest BCUT2D eigenvalue weighted by atomic mass is 9.98. The number of aromatic nitrogens is 1. The van der Waals surface area contributed by atoms with Crippen LogP contribution in [0.3, 0.4) is 0 Å². The highest BCUT2D eigenvalue weighted by Gasteiger charge is 2.63. The summed E-state index contributed by atoms with van der Waals surface area (Å²) in [5, 5.41) is 0. The standard InChI is InChI=1S/C11H10F5NO/c12-10(13,11(14,15)16)9(18)8-5-6-3-1-2-4-7(6)17-8/h5,17H,1-4H2. The number of Topliss-reactive ketones (excluding diaryl/α,β-unsaturated/α-hetero) is 1. The molecule has 1 N–H and O–H groups in total. The first kappa shape index (κ1) is 13.0. The molecular formula is C11H10F5NO. The average molecular weight is 267 g/mol. The fourth-order valence-corrected chi connectivity index (χ4v) is 2.02. The number of nitrogens with one attached hydrogen (secondary N) is 1. The third kappa shape index (κ3) is 2.02. The van der Waals surface area contributed by atoms with Gasteiger partial charge in [0.15, 0.2) is 0 Å². The van der Waals surface area contributed by atoms with Crippen molar-refractivity contribution in [2.45, 2.75) is 37.8 Å². The molecule has 0 radical (unpaired) electrons. The number of hydrogen-bond acceptors (Lipinski definition) is 1. The van der Waals surface area contributed by atoms with Gasteiger partial charge in [-0.05, 0) is 37.3 Å². The summed E-state index contributed by atoms with van der Waals surface area (Å²) < 4.78 is 62.0. The summed E-state index contributed by atoms with van der Waals surface area (Å²) in [6, 6.07) is 1.11. The molecule has 7 heteroatoms. The van der Waals surface area contributed by atoms with E-state index in [1.54, 1.807) is 0 Å². The molecule has 0 aromatic carbocycles. The summed E-state index contributed by atoms with van der Waals surface area (Å²) in [4.78, 5) is 13.6. The van der Waals surface area contributed by atoms with Gasteiger partial charge in [-0.2, -0.15) is 22.0 Å². The molecule has 0 aliphatic heterocycles. The van der Waals surface area contributed by atoms with E-state index < -0.39 is 23.6 Å². The van der Waals surface area contributed by atoms with E-state index in [4.69, 9.17) is 0 Å². The molecule has 0 saturated heterocycles. The van der Waals surface area contributed by atoms with Gasteiger partial charge >= 0.3 is 12.1 Å². The van der Waals surface area contributed by atoms with Crippen molar-refractivity contribution in [1.29, 1.82) is 0 Å². The number of H-pyrrole nitrogens is 1. The van der Waals surface area contributed by atoms with Gasteiger partial charge in [-0.15, -0.1) is 0 Å². The number of alkyl halides is 5. The number of aromatic amines is 1. The maximum absolute atomic E-state index is 12.9. The summed E-state index contributed by atoms with van der Waals surface area (Å²) in [6.45, 7) is 0. The van der Waals surface area contributed by atoms with E-state index in [1.165, 1.54) is 0 Å². The van der Waals surface area contributed by atoms with Crippen molar-refractivity contribution in [2.75, 3.05) is 0 Å². The third-order valence-corrected chi connectivity index (χ3v) is 3.00. The van der Waals surface area contributed by atoms with Gasteiger partial charge in [-0.25, -0.2) is 0 Å². The van der Waals surface area contributed by atoms with Crippen LogP contribution in [0.15, 0.2) is 6.07 Å². The molecule has 1 aliphatic carbocycles. The predicted octanol–water partition coefficient (Wildman–Crippen LogP) is 3.27. The van der Waals surface area contributed by atoms with E-state index >= 15 is 0 Å². The second-order valence-corrected chi connectivity index (χ2v) is 4.30. The second kappa shape index (κ2) is 4.07. The molecule has 0 atom stereocenters. The van der Waals surface area contributed by atoms with Crippen LogP contribution in [-0.2, 0) is 12.8 Å². The molecule has 0 saturated carbocycles. The summed E-state index contributed by atoms with van der Waals surface area (Å²) in [6.07, 6.45) is -3.03. The minimum absolute atomic E-state index is 0.570. The highest BCUT2D eigenvalue weighted by atomic mass is 19.4. The van der Waals surface area contributed by atoms with Gasteiger partial charge in [0, 0.05) is 5.69 Å². The first-order valence-corrected chi connectivity index (χ1v) is 5.43. The van der Waals surface area contributed by atoms with Crippen LogP contribution < -0.4 is 0 Å². The minimum atomic E-state index is -5.87. The topological polar surface area (TPSA) is 32.9 Å². The summed E-state index contributed by atoms with van der Waals surface area (Å²) in [5.41, 5.74) is 0.578. The van der Waals surface area contributed by atoms with Crippen LogP contribution >= 0.6 is 0 Å². The summed E-state index contributed by atoms with van der Waals surface area (Å²) in [7, 11) is 0. The van der Waals surface area contributed by atoms with Gasteiger partial charge in [-0.3, -0.25) is 4.79 Å². The third-order valence-electron chi connectivity index (χ3n) is 3.00. The maximum atomic E-state index is 12.9. The number of ketones is 1. The first-order valence-electron chi connectivity index (χ1n) is 5.43. The van der Waals surface area contributed by atoms with E-state index in [2.05, 4.69) is 4.98 Å². The van der Waals surface area contributed by atoms with Gasteiger partial charge in [-0.1, -0.05) is 0 Å². The van der Waals surface area contributed by atoms with E-state index in [9.17, 15) is 26.7 Å². The smallest absolute Gasteiger partial charge is 0.356 e. The van der Waals surface area contributed by atoms with Crippen molar-refractivity contribution >= 4 is 5.78 Å². The lowest BCUT2D eigenvalue weighted by molar-refractivity contribution is -0.255. The molecule has 2 nitrogen and oxygen atoms in total. The number of carbonyl (C=O) groups excluding carboxylic acids is 1. The zero-order valence-electron chi connectivity index (χ0n) is 9.20. The Morgan fingerprint density at radius 1 is 1.11 bits per heavy atom. The van der Waals surface area contributed by atoms with Crippen LogP contribution in [0.1, 0.15) is 34.6 Å². The van der Waals surface area contributed by atoms with Crippen molar-refractivity contribution in [3.05, 3.63) is 23.0 Å².